The molecule has 0 unspecified atom stereocenters. The standard InChI is InChI=1S/C24H23N3OS/c1-28-21-13-6-5-11-19(21)15-22-23(18-9-3-2-4-10-18)27-24(29-22)26-16-17-8-7-12-20(25)14-17/h2-14H,15-16,25H2,1H3,(H,26,27). The number of ether oxygens (including phenoxy) is 1. The van der Waals surface area contributed by atoms with Crippen LogP contribution in [0.1, 0.15) is 16.0 Å². The summed E-state index contributed by atoms with van der Waals surface area (Å²) < 4.78 is 5.54. The second-order valence-electron chi connectivity index (χ2n) is 6.74. The van der Waals surface area contributed by atoms with Crippen LogP contribution in [0.5, 0.6) is 5.75 Å². The number of benzene rings is 3. The van der Waals surface area contributed by atoms with Crippen LogP contribution in [0, 0.1) is 0 Å². The van der Waals surface area contributed by atoms with E-state index in [-0.39, 0.29) is 0 Å². The second kappa shape index (κ2) is 8.80. The molecule has 0 aliphatic heterocycles. The lowest BCUT2D eigenvalue weighted by molar-refractivity contribution is 0.410. The van der Waals surface area contributed by atoms with Gasteiger partial charge in [-0.05, 0) is 29.3 Å². The van der Waals surface area contributed by atoms with Crippen LogP contribution >= 0.6 is 11.3 Å². The van der Waals surface area contributed by atoms with Gasteiger partial charge in [0.2, 0.25) is 0 Å². The molecule has 0 saturated heterocycles. The number of thiazole rings is 1. The number of rotatable bonds is 7. The topological polar surface area (TPSA) is 60.2 Å². The molecule has 4 nitrogen and oxygen atoms in total. The molecule has 3 aromatic carbocycles. The molecule has 0 fully saturated rings. The molecule has 4 rings (SSSR count). The third kappa shape index (κ3) is 4.58. The largest absolute Gasteiger partial charge is 0.496 e. The highest BCUT2D eigenvalue weighted by Gasteiger charge is 2.15. The predicted molar refractivity (Wildman–Crippen MR) is 122 cm³/mol. The van der Waals surface area contributed by atoms with E-state index in [0.717, 1.165) is 45.4 Å². The molecule has 0 aliphatic carbocycles. The van der Waals surface area contributed by atoms with E-state index in [1.54, 1.807) is 18.4 Å². The van der Waals surface area contributed by atoms with Crippen molar-refractivity contribution >= 4 is 22.2 Å². The van der Waals surface area contributed by atoms with Gasteiger partial charge in [0, 0.05) is 29.1 Å². The number of anilines is 2. The van der Waals surface area contributed by atoms with E-state index in [1.807, 2.05) is 54.6 Å². The number of hydrogen-bond donors (Lipinski definition) is 2. The van der Waals surface area contributed by atoms with Gasteiger partial charge in [-0.25, -0.2) is 4.98 Å². The summed E-state index contributed by atoms with van der Waals surface area (Å²) in [7, 11) is 1.71. The number of para-hydroxylation sites is 1. The summed E-state index contributed by atoms with van der Waals surface area (Å²) in [6, 6.07) is 26.3. The molecule has 0 bridgehead atoms. The zero-order valence-corrected chi connectivity index (χ0v) is 17.1. The Balaban J connectivity index is 1.64. The van der Waals surface area contributed by atoms with E-state index in [9.17, 15) is 0 Å². The van der Waals surface area contributed by atoms with Crippen molar-refractivity contribution in [3.63, 3.8) is 0 Å². The van der Waals surface area contributed by atoms with Crippen molar-refractivity contribution in [3.8, 4) is 17.0 Å². The van der Waals surface area contributed by atoms with Gasteiger partial charge in [-0.15, -0.1) is 11.3 Å². The fourth-order valence-corrected chi connectivity index (χ4v) is 4.27. The molecular weight excluding hydrogens is 378 g/mol. The Kier molecular flexibility index (Phi) is 5.77. The van der Waals surface area contributed by atoms with Gasteiger partial charge in [0.1, 0.15) is 5.75 Å². The third-order valence-electron chi connectivity index (χ3n) is 4.68. The second-order valence-corrected chi connectivity index (χ2v) is 7.83. The molecule has 0 atom stereocenters. The molecule has 5 heteroatoms. The van der Waals surface area contributed by atoms with Gasteiger partial charge >= 0.3 is 0 Å². The summed E-state index contributed by atoms with van der Waals surface area (Å²) >= 11 is 1.68. The number of methoxy groups -OCH3 is 1. The van der Waals surface area contributed by atoms with E-state index in [1.165, 1.54) is 4.88 Å². The van der Waals surface area contributed by atoms with Crippen molar-refractivity contribution in [3.05, 3.63) is 94.9 Å². The summed E-state index contributed by atoms with van der Waals surface area (Å²) in [5, 5.41) is 4.35. The normalized spacial score (nSPS) is 10.7. The van der Waals surface area contributed by atoms with E-state index in [0.29, 0.717) is 6.54 Å². The highest BCUT2D eigenvalue weighted by Crippen LogP contribution is 2.34. The first-order chi connectivity index (χ1) is 14.2. The van der Waals surface area contributed by atoms with Gasteiger partial charge in [0.05, 0.1) is 12.8 Å². The van der Waals surface area contributed by atoms with Crippen LogP contribution in [0.15, 0.2) is 78.9 Å². The minimum atomic E-state index is 0.681. The Morgan fingerprint density at radius 1 is 0.966 bits per heavy atom. The number of aromatic nitrogens is 1. The van der Waals surface area contributed by atoms with Gasteiger partial charge in [-0.1, -0.05) is 60.7 Å². The first kappa shape index (κ1) is 19.0. The summed E-state index contributed by atoms with van der Waals surface area (Å²) in [4.78, 5) is 6.11. The number of nitrogens with zero attached hydrogens (tertiary/aromatic N) is 1. The van der Waals surface area contributed by atoms with E-state index < -0.39 is 0 Å². The molecule has 0 saturated carbocycles. The lowest BCUT2D eigenvalue weighted by Gasteiger charge is -2.08. The zero-order valence-electron chi connectivity index (χ0n) is 16.3. The molecule has 3 N–H and O–H groups in total. The van der Waals surface area contributed by atoms with E-state index >= 15 is 0 Å². The van der Waals surface area contributed by atoms with Crippen molar-refractivity contribution in [1.29, 1.82) is 0 Å². The van der Waals surface area contributed by atoms with Crippen LogP contribution in [-0.4, -0.2) is 12.1 Å². The summed E-state index contributed by atoms with van der Waals surface area (Å²) in [6.45, 7) is 0.681. The maximum Gasteiger partial charge on any atom is 0.183 e. The Labute approximate surface area is 175 Å². The average Bonchev–Trinajstić information content (AvgIpc) is 3.16. The van der Waals surface area contributed by atoms with Gasteiger partial charge < -0.3 is 15.8 Å². The highest BCUT2D eigenvalue weighted by atomic mass is 32.1. The lowest BCUT2D eigenvalue weighted by Crippen LogP contribution is -1.99. The summed E-state index contributed by atoms with van der Waals surface area (Å²) in [6.07, 6.45) is 0.770. The Hall–Kier alpha value is -3.31. The highest BCUT2D eigenvalue weighted by molar-refractivity contribution is 7.16. The number of nitrogen functional groups attached to an aromatic ring is 1. The molecule has 0 amide bonds. The van der Waals surface area contributed by atoms with Crippen molar-refractivity contribution in [2.45, 2.75) is 13.0 Å². The Bertz CT molecular complexity index is 1090. The Morgan fingerprint density at radius 2 is 1.76 bits per heavy atom. The first-order valence-electron chi connectivity index (χ1n) is 9.48. The van der Waals surface area contributed by atoms with Gasteiger partial charge in [0.25, 0.3) is 0 Å². The maximum atomic E-state index is 5.89. The van der Waals surface area contributed by atoms with E-state index in [4.69, 9.17) is 15.5 Å². The number of nitrogens with one attached hydrogen (secondary N) is 1. The van der Waals surface area contributed by atoms with Crippen molar-refractivity contribution < 1.29 is 4.74 Å². The number of nitrogens with two attached hydrogens (primary N) is 1. The average molecular weight is 402 g/mol. The lowest BCUT2D eigenvalue weighted by atomic mass is 10.1. The smallest absolute Gasteiger partial charge is 0.183 e. The molecule has 1 aromatic heterocycles. The SMILES string of the molecule is COc1ccccc1Cc1sc(NCc2cccc(N)c2)nc1-c1ccccc1. The van der Waals surface area contributed by atoms with Crippen molar-refractivity contribution in [1.82, 2.24) is 4.98 Å². The molecular formula is C24H23N3OS. The molecule has 29 heavy (non-hydrogen) atoms. The van der Waals surface area contributed by atoms with Gasteiger partial charge in [0.15, 0.2) is 5.13 Å². The summed E-state index contributed by atoms with van der Waals surface area (Å²) in [5.74, 6) is 0.897. The Morgan fingerprint density at radius 3 is 2.55 bits per heavy atom. The van der Waals surface area contributed by atoms with Crippen LogP contribution < -0.4 is 15.8 Å². The van der Waals surface area contributed by atoms with Crippen molar-refractivity contribution in [2.24, 2.45) is 0 Å². The van der Waals surface area contributed by atoms with E-state index in [2.05, 4.69) is 29.6 Å². The van der Waals surface area contributed by atoms with Crippen LogP contribution in [0.25, 0.3) is 11.3 Å². The minimum Gasteiger partial charge on any atom is -0.496 e. The fourth-order valence-electron chi connectivity index (χ4n) is 3.27. The summed E-state index contributed by atoms with van der Waals surface area (Å²) in [5.41, 5.74) is 11.1. The molecule has 146 valence electrons. The molecule has 0 radical (unpaired) electrons. The van der Waals surface area contributed by atoms with Crippen LogP contribution in [0.4, 0.5) is 10.8 Å². The molecule has 0 spiro atoms. The molecule has 1 heterocycles. The fraction of sp³-hybridized carbons (Fsp3) is 0.125. The monoisotopic (exact) mass is 401 g/mol. The predicted octanol–water partition coefficient (Wildman–Crippen LogP) is 5.60. The van der Waals surface area contributed by atoms with Crippen LogP contribution in [0.3, 0.4) is 0 Å². The molecule has 0 aliphatic rings. The quantitative estimate of drug-likeness (QED) is 0.396. The first-order valence-corrected chi connectivity index (χ1v) is 10.3. The van der Waals surface area contributed by atoms with Crippen LogP contribution in [-0.2, 0) is 13.0 Å². The zero-order chi connectivity index (χ0) is 20.1. The minimum absolute atomic E-state index is 0.681. The third-order valence-corrected chi connectivity index (χ3v) is 5.70. The van der Waals surface area contributed by atoms with Crippen molar-refractivity contribution in [2.75, 3.05) is 18.2 Å². The van der Waals surface area contributed by atoms with Gasteiger partial charge in [-0.3, -0.25) is 0 Å². The van der Waals surface area contributed by atoms with Crippen LogP contribution in [0.2, 0.25) is 0 Å². The maximum absolute atomic E-state index is 5.89. The molecule has 4 aromatic rings. The van der Waals surface area contributed by atoms with Gasteiger partial charge in [-0.2, -0.15) is 0 Å². The number of hydrogen-bond acceptors (Lipinski definition) is 5.